The Morgan fingerprint density at radius 2 is 2.04 bits per heavy atom. The highest BCUT2D eigenvalue weighted by molar-refractivity contribution is 7.99. The average molecular weight is 358 g/mol. The number of thioether (sulfide) groups is 1. The Hall–Kier alpha value is -2.68. The number of nitrogens with one attached hydrogen (secondary N) is 3. The number of carbonyl (C=O) groups is 2. The number of hydrogen-bond acceptors (Lipinski definition) is 6. The molecule has 0 radical (unpaired) electrons. The third-order valence-corrected chi connectivity index (χ3v) is 4.20. The summed E-state index contributed by atoms with van der Waals surface area (Å²) in [6.45, 7) is 4.46. The smallest absolute Gasteiger partial charge is 0.321 e. The van der Waals surface area contributed by atoms with Crippen molar-refractivity contribution in [2.24, 2.45) is 5.92 Å². The van der Waals surface area contributed by atoms with Gasteiger partial charge in [-0.3, -0.25) is 10.1 Å². The van der Waals surface area contributed by atoms with Crippen LogP contribution in [0, 0.1) is 5.92 Å². The van der Waals surface area contributed by atoms with Gasteiger partial charge in [0.25, 0.3) is 0 Å². The first kappa shape index (κ1) is 17.2. The van der Waals surface area contributed by atoms with Gasteiger partial charge in [0.05, 0.1) is 5.75 Å². The highest BCUT2D eigenvalue weighted by Crippen LogP contribution is 2.23. The monoisotopic (exact) mass is 358 g/mol. The van der Waals surface area contributed by atoms with E-state index in [4.69, 9.17) is 0 Å². The third-order valence-electron chi connectivity index (χ3n) is 3.36. The zero-order valence-corrected chi connectivity index (χ0v) is 14.7. The molecule has 0 fully saturated rings. The average Bonchev–Trinajstić information content (AvgIpc) is 2.96. The van der Waals surface area contributed by atoms with Crippen molar-refractivity contribution >= 4 is 45.8 Å². The maximum atomic E-state index is 11.8. The van der Waals surface area contributed by atoms with Crippen LogP contribution < -0.4 is 10.6 Å². The molecule has 3 aromatic rings. The number of imide groups is 1. The summed E-state index contributed by atoms with van der Waals surface area (Å²) in [6, 6.07) is 7.24. The second kappa shape index (κ2) is 7.47. The second-order valence-corrected chi connectivity index (χ2v) is 6.85. The molecule has 0 aliphatic rings. The van der Waals surface area contributed by atoms with Crippen molar-refractivity contribution in [3.63, 3.8) is 0 Å². The molecule has 0 bridgehead atoms. The van der Waals surface area contributed by atoms with Gasteiger partial charge in [-0.15, -0.1) is 10.2 Å². The molecule has 0 atom stereocenters. The molecule has 2 aromatic heterocycles. The summed E-state index contributed by atoms with van der Waals surface area (Å²) in [4.78, 5) is 30.9. The predicted molar refractivity (Wildman–Crippen MR) is 96.3 cm³/mol. The fraction of sp³-hybridized carbons (Fsp3) is 0.312. The number of carbonyl (C=O) groups excluding carboxylic acids is 2. The maximum Gasteiger partial charge on any atom is 0.321 e. The van der Waals surface area contributed by atoms with E-state index in [2.05, 4.69) is 30.8 Å². The molecule has 9 heteroatoms. The zero-order valence-electron chi connectivity index (χ0n) is 13.9. The van der Waals surface area contributed by atoms with E-state index in [1.165, 1.54) is 0 Å². The molecule has 0 aliphatic heterocycles. The number of H-pyrrole nitrogens is 1. The predicted octanol–water partition coefficient (Wildman–Crippen LogP) is 2.08. The Balaban J connectivity index is 1.60. The summed E-state index contributed by atoms with van der Waals surface area (Å²) in [5.41, 5.74) is 2.24. The number of amides is 3. The molecule has 3 amide bonds. The summed E-state index contributed by atoms with van der Waals surface area (Å²) < 4.78 is 0. The van der Waals surface area contributed by atoms with Crippen LogP contribution in [0.5, 0.6) is 0 Å². The minimum Gasteiger partial charge on any atom is -0.338 e. The lowest BCUT2D eigenvalue weighted by molar-refractivity contribution is -0.117. The molecule has 0 unspecified atom stereocenters. The van der Waals surface area contributed by atoms with Crippen molar-refractivity contribution in [1.82, 2.24) is 30.8 Å². The fourth-order valence-electron chi connectivity index (χ4n) is 2.20. The lowest BCUT2D eigenvalue weighted by Crippen LogP contribution is -2.41. The number of aromatic nitrogens is 4. The van der Waals surface area contributed by atoms with Gasteiger partial charge in [0.15, 0.2) is 5.65 Å². The first-order valence-electron chi connectivity index (χ1n) is 7.84. The number of aromatic amines is 1. The molecule has 0 saturated heterocycles. The first-order chi connectivity index (χ1) is 12.0. The number of fused-ring (bicyclic) bond motifs is 3. The molecule has 0 spiro atoms. The lowest BCUT2D eigenvalue weighted by Gasteiger charge is -2.08. The van der Waals surface area contributed by atoms with Crippen LogP contribution in [-0.2, 0) is 4.79 Å². The minimum absolute atomic E-state index is 0.0303. The highest BCUT2D eigenvalue weighted by Gasteiger charge is 2.12. The summed E-state index contributed by atoms with van der Waals surface area (Å²) in [5.74, 6) is -0.0629. The van der Waals surface area contributed by atoms with Crippen molar-refractivity contribution in [3.05, 3.63) is 24.3 Å². The van der Waals surface area contributed by atoms with Crippen LogP contribution in [-0.4, -0.2) is 44.4 Å². The van der Waals surface area contributed by atoms with Crippen LogP contribution in [0.4, 0.5) is 4.79 Å². The number of nitrogens with zero attached hydrogens (tertiary/aromatic N) is 3. The molecule has 0 saturated carbocycles. The summed E-state index contributed by atoms with van der Waals surface area (Å²) in [7, 11) is 0. The minimum atomic E-state index is -0.496. The van der Waals surface area contributed by atoms with E-state index >= 15 is 0 Å². The van der Waals surface area contributed by atoms with Crippen molar-refractivity contribution < 1.29 is 9.59 Å². The number of urea groups is 1. The van der Waals surface area contributed by atoms with Gasteiger partial charge in [-0.05, 0) is 12.0 Å². The molecule has 3 rings (SSSR count). The van der Waals surface area contributed by atoms with Crippen LogP contribution in [0.25, 0.3) is 22.1 Å². The number of benzene rings is 1. The molecular weight excluding hydrogens is 340 g/mol. The van der Waals surface area contributed by atoms with Gasteiger partial charge in [-0.1, -0.05) is 43.8 Å². The van der Waals surface area contributed by atoms with E-state index in [1.54, 1.807) is 0 Å². The maximum absolute atomic E-state index is 11.8. The highest BCUT2D eigenvalue weighted by atomic mass is 32.2. The topological polar surface area (TPSA) is 113 Å². The van der Waals surface area contributed by atoms with Gasteiger partial charge in [0, 0.05) is 17.4 Å². The van der Waals surface area contributed by atoms with Crippen LogP contribution in [0.3, 0.4) is 0 Å². The van der Waals surface area contributed by atoms with Crippen molar-refractivity contribution in [2.45, 2.75) is 19.0 Å². The van der Waals surface area contributed by atoms with E-state index in [1.807, 2.05) is 38.1 Å². The molecule has 2 heterocycles. The molecule has 8 nitrogen and oxygen atoms in total. The van der Waals surface area contributed by atoms with E-state index in [0.29, 0.717) is 28.8 Å². The van der Waals surface area contributed by atoms with Crippen LogP contribution in [0.1, 0.15) is 13.8 Å². The molecular formula is C16H18N6O2S. The van der Waals surface area contributed by atoms with Gasteiger partial charge in [-0.25, -0.2) is 9.78 Å². The Labute approximate surface area is 148 Å². The van der Waals surface area contributed by atoms with Crippen molar-refractivity contribution in [2.75, 3.05) is 12.3 Å². The first-order valence-corrected chi connectivity index (χ1v) is 8.83. The van der Waals surface area contributed by atoms with E-state index in [0.717, 1.165) is 22.7 Å². The molecule has 1 aromatic carbocycles. The van der Waals surface area contributed by atoms with Crippen molar-refractivity contribution in [3.8, 4) is 0 Å². The number of hydrogen-bond donors (Lipinski definition) is 3. The number of rotatable bonds is 5. The second-order valence-electron chi connectivity index (χ2n) is 5.90. The van der Waals surface area contributed by atoms with Gasteiger partial charge in [-0.2, -0.15) is 0 Å². The molecule has 25 heavy (non-hydrogen) atoms. The Kier molecular flexibility index (Phi) is 5.13. The Bertz CT molecular complexity index is 923. The molecule has 3 N–H and O–H groups in total. The van der Waals surface area contributed by atoms with Crippen LogP contribution >= 0.6 is 11.8 Å². The van der Waals surface area contributed by atoms with E-state index in [-0.39, 0.29) is 5.75 Å². The molecule has 130 valence electrons. The lowest BCUT2D eigenvalue weighted by atomic mass is 10.2. The van der Waals surface area contributed by atoms with Gasteiger partial charge < -0.3 is 10.3 Å². The van der Waals surface area contributed by atoms with Crippen LogP contribution in [0.15, 0.2) is 29.4 Å². The number of para-hydroxylation sites is 1. The summed E-state index contributed by atoms with van der Waals surface area (Å²) >= 11 is 1.12. The Morgan fingerprint density at radius 1 is 1.24 bits per heavy atom. The van der Waals surface area contributed by atoms with Gasteiger partial charge in [0.1, 0.15) is 5.52 Å². The third kappa shape index (κ3) is 4.24. The normalized spacial score (nSPS) is 11.2. The quantitative estimate of drug-likeness (QED) is 0.602. The van der Waals surface area contributed by atoms with Crippen LogP contribution in [0.2, 0.25) is 0 Å². The standard InChI is InChI=1S/C16H18N6O2S/c1-9(2)7-17-15(24)19-12(23)8-25-16-20-14-13(21-22-16)10-5-3-4-6-11(10)18-14/h3-6,9H,7-8H2,1-2H3,(H,18,20,22)(H2,17,19,23,24). The fourth-order valence-corrected chi connectivity index (χ4v) is 2.79. The van der Waals surface area contributed by atoms with Gasteiger partial charge >= 0.3 is 6.03 Å². The Morgan fingerprint density at radius 3 is 2.84 bits per heavy atom. The SMILES string of the molecule is CC(C)CNC(=O)NC(=O)CSc1nnc2c(n1)[nH]c1ccccc12. The zero-order chi connectivity index (χ0) is 17.8. The van der Waals surface area contributed by atoms with Gasteiger partial charge in [0.2, 0.25) is 11.1 Å². The summed E-state index contributed by atoms with van der Waals surface area (Å²) in [5, 5.41) is 14.4. The largest absolute Gasteiger partial charge is 0.338 e. The van der Waals surface area contributed by atoms with E-state index in [9.17, 15) is 9.59 Å². The summed E-state index contributed by atoms with van der Waals surface area (Å²) in [6.07, 6.45) is 0. The van der Waals surface area contributed by atoms with E-state index < -0.39 is 11.9 Å². The molecule has 0 aliphatic carbocycles. The van der Waals surface area contributed by atoms with Crippen molar-refractivity contribution in [1.29, 1.82) is 0 Å².